The van der Waals surface area contributed by atoms with E-state index in [9.17, 15) is 9.18 Å². The highest BCUT2D eigenvalue weighted by atomic mass is 19.1. The number of carboxylic acid groups (broad SMARTS) is 1. The molecule has 108 valence electrons. The fraction of sp³-hybridized carbons (Fsp3) is 0.438. The van der Waals surface area contributed by atoms with E-state index < -0.39 is 11.8 Å². The molecule has 0 unspecified atom stereocenters. The van der Waals surface area contributed by atoms with Gasteiger partial charge in [0.1, 0.15) is 5.82 Å². The summed E-state index contributed by atoms with van der Waals surface area (Å²) in [6, 6.07) is 4.90. The number of nitrogens with zero attached hydrogens (tertiary/aromatic N) is 1. The Morgan fingerprint density at radius 1 is 1.50 bits per heavy atom. The maximum absolute atomic E-state index is 13.6. The minimum absolute atomic E-state index is 0.326. The van der Waals surface area contributed by atoms with E-state index in [4.69, 9.17) is 5.11 Å². The monoisotopic (exact) mass is 277 g/mol. The van der Waals surface area contributed by atoms with Gasteiger partial charge in [0.05, 0.1) is 0 Å². The third-order valence-electron chi connectivity index (χ3n) is 3.53. The van der Waals surface area contributed by atoms with Crippen LogP contribution < -0.4 is 0 Å². The van der Waals surface area contributed by atoms with Gasteiger partial charge in [0.25, 0.3) is 0 Å². The van der Waals surface area contributed by atoms with Crippen molar-refractivity contribution in [1.82, 2.24) is 4.90 Å². The average molecular weight is 277 g/mol. The minimum atomic E-state index is -1.07. The van der Waals surface area contributed by atoms with Gasteiger partial charge in [0.2, 0.25) is 0 Å². The molecular formula is C16H20FNO2. The first-order valence-electron chi connectivity index (χ1n) is 7.00. The molecule has 4 heteroatoms. The number of aliphatic carboxylic acids is 1. The van der Waals surface area contributed by atoms with Crippen LogP contribution in [-0.4, -0.2) is 29.1 Å². The van der Waals surface area contributed by atoms with E-state index in [2.05, 4.69) is 11.8 Å². The van der Waals surface area contributed by atoms with E-state index in [0.717, 1.165) is 37.2 Å². The Kier molecular flexibility index (Phi) is 4.90. The zero-order valence-electron chi connectivity index (χ0n) is 11.7. The molecule has 3 nitrogen and oxygen atoms in total. The van der Waals surface area contributed by atoms with Crippen molar-refractivity contribution in [1.29, 1.82) is 0 Å². The smallest absolute Gasteiger partial charge is 0.328 e. The molecule has 0 aliphatic heterocycles. The second kappa shape index (κ2) is 6.66. The minimum Gasteiger partial charge on any atom is -0.478 e. The Morgan fingerprint density at radius 3 is 2.85 bits per heavy atom. The van der Waals surface area contributed by atoms with Crippen molar-refractivity contribution in [3.05, 3.63) is 41.2 Å². The van der Waals surface area contributed by atoms with Gasteiger partial charge in [-0.3, -0.25) is 4.90 Å². The number of benzene rings is 1. The van der Waals surface area contributed by atoms with Crippen LogP contribution in [0.4, 0.5) is 4.39 Å². The topological polar surface area (TPSA) is 40.5 Å². The van der Waals surface area contributed by atoms with E-state index in [0.29, 0.717) is 5.56 Å². The summed E-state index contributed by atoms with van der Waals surface area (Å²) in [6.07, 6.45) is 4.89. The number of halogens is 1. The van der Waals surface area contributed by atoms with Gasteiger partial charge in [-0.2, -0.15) is 0 Å². The number of rotatable bonds is 7. The molecule has 0 spiro atoms. The van der Waals surface area contributed by atoms with E-state index in [1.54, 1.807) is 12.1 Å². The van der Waals surface area contributed by atoms with Gasteiger partial charge in [0.15, 0.2) is 0 Å². The Balaban J connectivity index is 2.06. The predicted molar refractivity (Wildman–Crippen MR) is 76.7 cm³/mol. The van der Waals surface area contributed by atoms with Crippen LogP contribution in [0, 0.1) is 11.7 Å². The Hall–Kier alpha value is -1.68. The molecule has 0 atom stereocenters. The van der Waals surface area contributed by atoms with Gasteiger partial charge >= 0.3 is 5.97 Å². The second-order valence-electron chi connectivity index (χ2n) is 5.30. The second-order valence-corrected chi connectivity index (χ2v) is 5.30. The normalized spacial score (nSPS) is 15.2. The molecule has 0 amide bonds. The number of carboxylic acids is 1. The summed E-state index contributed by atoms with van der Waals surface area (Å²) in [5.74, 6) is -0.642. The van der Waals surface area contributed by atoms with E-state index >= 15 is 0 Å². The molecular weight excluding hydrogens is 257 g/mol. The van der Waals surface area contributed by atoms with Crippen molar-refractivity contribution in [2.45, 2.75) is 26.3 Å². The molecule has 0 aromatic heterocycles. The van der Waals surface area contributed by atoms with Crippen LogP contribution >= 0.6 is 0 Å². The number of carbonyl (C=O) groups is 1. The molecule has 1 aliphatic carbocycles. The predicted octanol–water partition coefficient (Wildman–Crippen LogP) is 3.16. The Bertz CT molecular complexity index is 509. The van der Waals surface area contributed by atoms with Crippen molar-refractivity contribution in [3.8, 4) is 0 Å². The zero-order chi connectivity index (χ0) is 14.5. The van der Waals surface area contributed by atoms with Gasteiger partial charge in [-0.05, 0) is 49.1 Å². The fourth-order valence-corrected chi connectivity index (χ4v) is 2.21. The van der Waals surface area contributed by atoms with Crippen LogP contribution in [0.2, 0.25) is 0 Å². The summed E-state index contributed by atoms with van der Waals surface area (Å²) >= 11 is 0. The Labute approximate surface area is 118 Å². The maximum atomic E-state index is 13.6. The molecule has 0 saturated heterocycles. The molecule has 1 fully saturated rings. The van der Waals surface area contributed by atoms with Crippen LogP contribution in [0.5, 0.6) is 0 Å². The Morgan fingerprint density at radius 2 is 2.25 bits per heavy atom. The molecule has 20 heavy (non-hydrogen) atoms. The molecule has 0 radical (unpaired) electrons. The highest BCUT2D eigenvalue weighted by Crippen LogP contribution is 2.30. The molecule has 1 aromatic carbocycles. The number of hydrogen-bond acceptors (Lipinski definition) is 2. The van der Waals surface area contributed by atoms with Crippen LogP contribution in [0.3, 0.4) is 0 Å². The molecule has 0 bridgehead atoms. The SMILES string of the molecule is CCN(Cc1ccc(F)c(C=CC(=O)O)c1)CC1CC1. The van der Waals surface area contributed by atoms with Gasteiger partial charge in [-0.25, -0.2) is 9.18 Å². The first-order valence-corrected chi connectivity index (χ1v) is 7.00. The van der Waals surface area contributed by atoms with E-state index in [1.807, 2.05) is 0 Å². The standard InChI is InChI=1S/C16H20FNO2/c1-2-18(10-12-3-4-12)11-13-5-7-15(17)14(9-13)6-8-16(19)20/h5-9,12H,2-4,10-11H2,1H3,(H,19,20). The van der Waals surface area contributed by atoms with Crippen molar-refractivity contribution in [2.75, 3.05) is 13.1 Å². The third-order valence-corrected chi connectivity index (χ3v) is 3.53. The van der Waals surface area contributed by atoms with E-state index in [-0.39, 0.29) is 0 Å². The molecule has 1 aromatic rings. The van der Waals surface area contributed by atoms with Crippen molar-refractivity contribution >= 4 is 12.0 Å². The summed E-state index contributed by atoms with van der Waals surface area (Å²) in [5, 5.41) is 8.61. The van der Waals surface area contributed by atoms with Gasteiger partial charge in [-0.1, -0.05) is 13.0 Å². The van der Waals surface area contributed by atoms with Crippen molar-refractivity contribution in [2.24, 2.45) is 5.92 Å². The summed E-state index contributed by atoms with van der Waals surface area (Å²) in [6.45, 7) is 4.96. The first-order chi connectivity index (χ1) is 9.58. The highest BCUT2D eigenvalue weighted by molar-refractivity contribution is 5.85. The maximum Gasteiger partial charge on any atom is 0.328 e. The lowest BCUT2D eigenvalue weighted by atomic mass is 10.1. The molecule has 1 N–H and O–H groups in total. The number of hydrogen-bond donors (Lipinski definition) is 1. The van der Waals surface area contributed by atoms with Crippen LogP contribution in [-0.2, 0) is 11.3 Å². The van der Waals surface area contributed by atoms with Crippen molar-refractivity contribution in [3.63, 3.8) is 0 Å². The van der Waals surface area contributed by atoms with Crippen LogP contribution in [0.25, 0.3) is 6.08 Å². The quantitative estimate of drug-likeness (QED) is 0.778. The first kappa shape index (κ1) is 14.7. The van der Waals surface area contributed by atoms with Gasteiger partial charge < -0.3 is 5.11 Å². The molecule has 2 rings (SSSR count). The average Bonchev–Trinajstić information content (AvgIpc) is 3.22. The van der Waals surface area contributed by atoms with Crippen LogP contribution in [0.15, 0.2) is 24.3 Å². The lowest BCUT2D eigenvalue weighted by molar-refractivity contribution is -0.131. The summed E-state index contributed by atoms with van der Waals surface area (Å²) < 4.78 is 13.6. The summed E-state index contributed by atoms with van der Waals surface area (Å²) in [5.41, 5.74) is 1.34. The molecule has 1 saturated carbocycles. The van der Waals surface area contributed by atoms with Crippen molar-refractivity contribution < 1.29 is 14.3 Å². The molecule has 0 heterocycles. The highest BCUT2D eigenvalue weighted by Gasteiger charge is 2.23. The van der Waals surface area contributed by atoms with E-state index in [1.165, 1.54) is 25.0 Å². The largest absolute Gasteiger partial charge is 0.478 e. The lowest BCUT2D eigenvalue weighted by Crippen LogP contribution is -2.25. The van der Waals surface area contributed by atoms with Crippen LogP contribution in [0.1, 0.15) is 30.9 Å². The summed E-state index contributed by atoms with van der Waals surface area (Å²) in [4.78, 5) is 12.8. The zero-order valence-corrected chi connectivity index (χ0v) is 11.7. The van der Waals surface area contributed by atoms with Gasteiger partial charge in [-0.15, -0.1) is 0 Å². The fourth-order valence-electron chi connectivity index (χ4n) is 2.21. The third kappa shape index (κ3) is 4.46. The van der Waals surface area contributed by atoms with Gasteiger partial charge in [0, 0.05) is 24.7 Å². The summed E-state index contributed by atoms with van der Waals surface area (Å²) in [7, 11) is 0. The molecule has 1 aliphatic rings. The lowest BCUT2D eigenvalue weighted by Gasteiger charge is -2.20.